The van der Waals surface area contributed by atoms with Gasteiger partial charge in [-0.15, -0.1) is 0 Å². The minimum absolute atomic E-state index is 0.0260. The molecule has 8 nitrogen and oxygen atoms in total. The predicted octanol–water partition coefficient (Wildman–Crippen LogP) is 0.747. The molecule has 1 heterocycles. The highest BCUT2D eigenvalue weighted by Crippen LogP contribution is 2.30. The van der Waals surface area contributed by atoms with Gasteiger partial charge in [0.1, 0.15) is 11.8 Å². The number of carbonyl (C=O) groups excluding carboxylic acids is 1. The van der Waals surface area contributed by atoms with Gasteiger partial charge in [-0.1, -0.05) is 0 Å². The molecule has 1 aliphatic heterocycles. The number of sulfonamides is 1. The summed E-state index contributed by atoms with van der Waals surface area (Å²) < 4.78 is 32.0. The van der Waals surface area contributed by atoms with Crippen LogP contribution in [0.1, 0.15) is 17.5 Å². The Hall–Kier alpha value is -2.55. The molecule has 1 aromatic carbocycles. The van der Waals surface area contributed by atoms with Crippen molar-refractivity contribution < 1.29 is 27.9 Å². The van der Waals surface area contributed by atoms with Crippen molar-refractivity contribution in [2.75, 3.05) is 7.11 Å². The van der Waals surface area contributed by atoms with E-state index < -0.39 is 34.4 Å². The lowest BCUT2D eigenvalue weighted by Gasteiger charge is -2.31. The van der Waals surface area contributed by atoms with Crippen molar-refractivity contribution in [3.8, 4) is 5.75 Å². The summed E-state index contributed by atoms with van der Waals surface area (Å²) in [6.07, 6.45) is 1.70. The zero-order valence-corrected chi connectivity index (χ0v) is 14.3. The normalized spacial score (nSPS) is 17.5. The molecule has 0 saturated carbocycles. The molecule has 2 rings (SSSR count). The number of methoxy groups -OCH3 is 1. The van der Waals surface area contributed by atoms with Crippen LogP contribution >= 0.6 is 0 Å². The first-order valence-electron chi connectivity index (χ1n) is 7.06. The number of carboxylic acid groups (broad SMARTS) is 1. The van der Waals surface area contributed by atoms with Gasteiger partial charge in [0.15, 0.2) is 0 Å². The Morgan fingerprint density at radius 1 is 1.33 bits per heavy atom. The highest BCUT2D eigenvalue weighted by molar-refractivity contribution is 7.89. The average molecular weight is 354 g/mol. The number of aryl methyl sites for hydroxylation is 2. The summed E-state index contributed by atoms with van der Waals surface area (Å²) in [5.74, 6) is -1.45. The summed E-state index contributed by atoms with van der Waals surface area (Å²) in [6, 6.07) is 1.79. The standard InChI is InChI=1S/C15H18N2O6S/c1-9-6-11(23-3)7-10(2)14(9)24(21,22)17-5-4-16-15(20)12(17)8-13(18)19/h4-7,12H,8H2,1-3H3,(H,16,20)(H,18,19). The van der Waals surface area contributed by atoms with Crippen molar-refractivity contribution in [3.05, 3.63) is 35.7 Å². The van der Waals surface area contributed by atoms with Gasteiger partial charge in [0.05, 0.1) is 18.4 Å². The molecule has 0 aromatic heterocycles. The first-order chi connectivity index (χ1) is 11.2. The average Bonchev–Trinajstić information content (AvgIpc) is 2.47. The molecule has 0 fully saturated rings. The molecular formula is C15H18N2O6S. The lowest BCUT2D eigenvalue weighted by atomic mass is 10.1. The second-order valence-electron chi connectivity index (χ2n) is 5.36. The van der Waals surface area contributed by atoms with E-state index in [4.69, 9.17) is 9.84 Å². The van der Waals surface area contributed by atoms with Crippen molar-refractivity contribution >= 4 is 21.9 Å². The van der Waals surface area contributed by atoms with Crippen LogP contribution < -0.4 is 10.1 Å². The van der Waals surface area contributed by atoms with Gasteiger partial charge in [-0.25, -0.2) is 8.42 Å². The first-order valence-corrected chi connectivity index (χ1v) is 8.50. The molecule has 0 bridgehead atoms. The Morgan fingerprint density at radius 2 is 1.92 bits per heavy atom. The van der Waals surface area contributed by atoms with E-state index >= 15 is 0 Å². The van der Waals surface area contributed by atoms with Crippen LogP contribution in [0.3, 0.4) is 0 Å². The molecule has 0 aliphatic carbocycles. The number of ether oxygens (including phenoxy) is 1. The highest BCUT2D eigenvalue weighted by Gasteiger charge is 2.38. The van der Waals surface area contributed by atoms with Crippen LogP contribution in [0.25, 0.3) is 0 Å². The molecule has 9 heteroatoms. The fourth-order valence-corrected chi connectivity index (χ4v) is 4.51. The summed E-state index contributed by atoms with van der Waals surface area (Å²) in [4.78, 5) is 23.0. The second-order valence-corrected chi connectivity index (χ2v) is 7.14. The van der Waals surface area contributed by atoms with E-state index in [1.807, 2.05) is 0 Å². The topological polar surface area (TPSA) is 113 Å². The minimum atomic E-state index is -4.11. The van der Waals surface area contributed by atoms with E-state index in [0.717, 1.165) is 10.5 Å². The molecule has 130 valence electrons. The summed E-state index contributed by atoms with van der Waals surface area (Å²) in [5.41, 5.74) is 0.889. The molecule has 1 aliphatic rings. The molecule has 1 amide bonds. The number of benzene rings is 1. The van der Waals surface area contributed by atoms with E-state index in [-0.39, 0.29) is 4.90 Å². The van der Waals surface area contributed by atoms with Gasteiger partial charge in [0.2, 0.25) is 5.91 Å². The van der Waals surface area contributed by atoms with E-state index in [2.05, 4.69) is 5.32 Å². The predicted molar refractivity (Wildman–Crippen MR) is 84.8 cm³/mol. The number of hydrogen-bond acceptors (Lipinski definition) is 5. The summed E-state index contributed by atoms with van der Waals surface area (Å²) in [5, 5.41) is 11.3. The van der Waals surface area contributed by atoms with Crippen LogP contribution in [0.4, 0.5) is 0 Å². The van der Waals surface area contributed by atoms with Crippen LogP contribution in [0.15, 0.2) is 29.4 Å². The first kappa shape index (κ1) is 17.8. The van der Waals surface area contributed by atoms with E-state index in [9.17, 15) is 18.0 Å². The van der Waals surface area contributed by atoms with Crippen molar-refractivity contribution in [1.29, 1.82) is 0 Å². The minimum Gasteiger partial charge on any atom is -0.497 e. The molecular weight excluding hydrogens is 336 g/mol. The number of amides is 1. The molecule has 1 atom stereocenters. The van der Waals surface area contributed by atoms with Gasteiger partial charge < -0.3 is 15.2 Å². The maximum absolute atomic E-state index is 13.0. The monoisotopic (exact) mass is 354 g/mol. The number of rotatable bonds is 5. The van der Waals surface area contributed by atoms with Gasteiger partial charge in [-0.2, -0.15) is 0 Å². The SMILES string of the molecule is COc1cc(C)c(S(=O)(=O)N2C=CNC(=O)C2CC(=O)O)c(C)c1. The zero-order valence-electron chi connectivity index (χ0n) is 13.4. The Bertz CT molecular complexity index is 792. The van der Waals surface area contributed by atoms with Crippen LogP contribution in [-0.2, 0) is 19.6 Å². The molecule has 24 heavy (non-hydrogen) atoms. The van der Waals surface area contributed by atoms with Gasteiger partial charge in [0, 0.05) is 12.4 Å². The van der Waals surface area contributed by atoms with Crippen LogP contribution in [0, 0.1) is 13.8 Å². The van der Waals surface area contributed by atoms with E-state index in [0.29, 0.717) is 16.9 Å². The zero-order chi connectivity index (χ0) is 18.1. The van der Waals surface area contributed by atoms with Crippen molar-refractivity contribution in [1.82, 2.24) is 9.62 Å². The number of carboxylic acids is 1. The van der Waals surface area contributed by atoms with Crippen molar-refractivity contribution in [3.63, 3.8) is 0 Å². The lowest BCUT2D eigenvalue weighted by Crippen LogP contribution is -2.50. The van der Waals surface area contributed by atoms with E-state index in [1.165, 1.54) is 13.3 Å². The van der Waals surface area contributed by atoms with Crippen LogP contribution in [0.5, 0.6) is 5.75 Å². The van der Waals surface area contributed by atoms with Gasteiger partial charge in [0.25, 0.3) is 10.0 Å². The second kappa shape index (κ2) is 6.52. The maximum atomic E-state index is 13.0. The molecule has 1 unspecified atom stereocenters. The molecule has 0 spiro atoms. The van der Waals surface area contributed by atoms with Crippen LogP contribution in [0.2, 0.25) is 0 Å². The highest BCUT2D eigenvalue weighted by atomic mass is 32.2. The van der Waals surface area contributed by atoms with Crippen molar-refractivity contribution in [2.24, 2.45) is 0 Å². The Kier molecular flexibility index (Phi) is 4.83. The maximum Gasteiger partial charge on any atom is 0.306 e. The smallest absolute Gasteiger partial charge is 0.306 e. The number of hydrogen-bond donors (Lipinski definition) is 2. The Labute approximate surface area is 139 Å². The molecule has 1 aromatic rings. The van der Waals surface area contributed by atoms with Crippen molar-refractivity contribution in [2.45, 2.75) is 31.2 Å². The lowest BCUT2D eigenvalue weighted by molar-refractivity contribution is -0.140. The fraction of sp³-hybridized carbons (Fsp3) is 0.333. The van der Waals surface area contributed by atoms with Gasteiger partial charge >= 0.3 is 5.97 Å². The Morgan fingerprint density at radius 3 is 2.42 bits per heavy atom. The number of carbonyl (C=O) groups is 2. The molecule has 0 radical (unpaired) electrons. The molecule has 0 saturated heterocycles. The number of aliphatic carboxylic acids is 1. The largest absolute Gasteiger partial charge is 0.497 e. The number of nitrogens with zero attached hydrogens (tertiary/aromatic N) is 1. The van der Waals surface area contributed by atoms with Crippen LogP contribution in [-0.4, -0.2) is 42.9 Å². The quantitative estimate of drug-likeness (QED) is 0.807. The van der Waals surface area contributed by atoms with E-state index in [1.54, 1.807) is 26.0 Å². The Balaban J connectivity index is 2.56. The summed E-state index contributed by atoms with van der Waals surface area (Å²) in [7, 11) is -2.63. The third-order valence-electron chi connectivity index (χ3n) is 3.63. The fourth-order valence-electron chi connectivity index (χ4n) is 2.64. The summed E-state index contributed by atoms with van der Waals surface area (Å²) >= 11 is 0. The van der Waals surface area contributed by atoms with Gasteiger partial charge in [-0.05, 0) is 37.1 Å². The third kappa shape index (κ3) is 3.21. The number of nitrogens with one attached hydrogen (secondary N) is 1. The summed E-state index contributed by atoms with van der Waals surface area (Å²) in [6.45, 7) is 3.23. The van der Waals surface area contributed by atoms with Gasteiger partial charge in [-0.3, -0.25) is 13.9 Å². The molecule has 2 N–H and O–H groups in total. The third-order valence-corrected chi connectivity index (χ3v) is 5.72.